The van der Waals surface area contributed by atoms with Crippen LogP contribution in [0.25, 0.3) is 5.69 Å². The van der Waals surface area contributed by atoms with E-state index >= 15 is 0 Å². The van der Waals surface area contributed by atoms with E-state index in [4.69, 9.17) is 9.47 Å². The Kier molecular flexibility index (Phi) is 3.68. The number of hydrogen-bond acceptors (Lipinski definition) is 6. The molecule has 1 aromatic heterocycles. The van der Waals surface area contributed by atoms with Crippen LogP contribution in [0.3, 0.4) is 0 Å². The highest BCUT2D eigenvalue weighted by atomic mass is 16.6. The van der Waals surface area contributed by atoms with Crippen LogP contribution < -0.4 is 15.0 Å². The second kappa shape index (κ2) is 6.00. The van der Waals surface area contributed by atoms with Crippen LogP contribution >= 0.6 is 0 Å². The van der Waals surface area contributed by atoms with Crippen LogP contribution in [-0.2, 0) is 16.1 Å². The van der Waals surface area contributed by atoms with Crippen molar-refractivity contribution in [3.8, 4) is 11.4 Å². The molecule has 0 bridgehead atoms. The highest BCUT2D eigenvalue weighted by molar-refractivity contribution is 5.90. The minimum atomic E-state index is -0.562. The summed E-state index contributed by atoms with van der Waals surface area (Å²) >= 11 is 0. The van der Waals surface area contributed by atoms with Crippen molar-refractivity contribution in [3.05, 3.63) is 36.4 Å². The maximum absolute atomic E-state index is 12.1. The summed E-state index contributed by atoms with van der Waals surface area (Å²) in [5.74, 6) is 1.50. The van der Waals surface area contributed by atoms with E-state index in [0.717, 1.165) is 11.5 Å². The predicted octanol–water partition coefficient (Wildman–Crippen LogP) is 1.45. The van der Waals surface area contributed by atoms with Gasteiger partial charge in [-0.1, -0.05) is 0 Å². The normalized spacial score (nSPS) is 18.0. The lowest BCUT2D eigenvalue weighted by Crippen LogP contribution is -2.34. The molecule has 9 heteroatoms. The quantitative estimate of drug-likeness (QED) is 0.905. The fourth-order valence-corrected chi connectivity index (χ4v) is 2.90. The van der Waals surface area contributed by atoms with E-state index in [1.807, 2.05) is 22.9 Å². The number of alkyl carbamates (subject to hydrolysis) is 1. The number of methoxy groups -OCH3 is 1. The van der Waals surface area contributed by atoms with E-state index < -0.39 is 18.3 Å². The maximum Gasteiger partial charge on any atom is 0.414 e. The summed E-state index contributed by atoms with van der Waals surface area (Å²) in [5, 5.41) is 2.52. The largest absolute Gasteiger partial charge is 0.483 e. The van der Waals surface area contributed by atoms with Crippen LogP contribution in [-0.4, -0.2) is 48.0 Å². The molecule has 3 heterocycles. The molecular weight excluding hydrogens is 328 g/mol. The fraction of sp³-hybridized carbons (Fsp3) is 0.312. The van der Waals surface area contributed by atoms with Gasteiger partial charge in [-0.15, -0.1) is 0 Å². The van der Waals surface area contributed by atoms with E-state index in [0.29, 0.717) is 24.6 Å². The van der Waals surface area contributed by atoms with Crippen molar-refractivity contribution in [1.82, 2.24) is 14.9 Å². The molecule has 1 saturated heterocycles. The van der Waals surface area contributed by atoms with E-state index in [-0.39, 0.29) is 6.54 Å². The number of anilines is 1. The van der Waals surface area contributed by atoms with Gasteiger partial charge in [-0.3, -0.25) is 9.47 Å². The Labute approximate surface area is 143 Å². The molecule has 1 N–H and O–H groups in total. The number of ether oxygens (including phenoxy) is 3. The summed E-state index contributed by atoms with van der Waals surface area (Å²) in [5.41, 5.74) is 1.55. The third kappa shape index (κ3) is 2.73. The van der Waals surface area contributed by atoms with Gasteiger partial charge in [0.15, 0.2) is 5.82 Å². The first-order valence-electron chi connectivity index (χ1n) is 7.75. The van der Waals surface area contributed by atoms with Crippen molar-refractivity contribution < 1.29 is 23.8 Å². The predicted molar refractivity (Wildman–Crippen MR) is 85.9 cm³/mol. The van der Waals surface area contributed by atoms with Gasteiger partial charge in [0.2, 0.25) is 0 Å². The Balaban J connectivity index is 1.51. The van der Waals surface area contributed by atoms with Gasteiger partial charge in [-0.25, -0.2) is 14.6 Å². The molecule has 25 heavy (non-hydrogen) atoms. The van der Waals surface area contributed by atoms with Crippen molar-refractivity contribution in [2.24, 2.45) is 0 Å². The molecule has 0 unspecified atom stereocenters. The Morgan fingerprint density at radius 1 is 1.48 bits per heavy atom. The number of rotatable bonds is 3. The van der Waals surface area contributed by atoms with Gasteiger partial charge in [0.1, 0.15) is 18.5 Å². The molecule has 2 aliphatic heterocycles. The average Bonchev–Trinajstić information content (AvgIpc) is 3.25. The highest BCUT2D eigenvalue weighted by Crippen LogP contribution is 2.34. The lowest BCUT2D eigenvalue weighted by atomic mass is 10.2. The summed E-state index contributed by atoms with van der Waals surface area (Å²) in [4.78, 5) is 29.0. The van der Waals surface area contributed by atoms with Crippen molar-refractivity contribution in [2.45, 2.75) is 12.7 Å². The van der Waals surface area contributed by atoms with Gasteiger partial charge in [-0.05, 0) is 12.1 Å². The standard InChI is InChI=1S/C16H16N4O5/c1-23-15(21)18-7-11-8-20(16(22)25-11)10-2-3-12-13(6-10)24-9-14-17-4-5-19(12)14/h2-6,11H,7-9H2,1H3,(H,18,21)/t11-/m0/s1. The first kappa shape index (κ1) is 15.3. The molecule has 1 atom stereocenters. The summed E-state index contributed by atoms with van der Waals surface area (Å²) < 4.78 is 17.5. The average molecular weight is 344 g/mol. The molecule has 0 saturated carbocycles. The molecule has 1 fully saturated rings. The number of amides is 2. The van der Waals surface area contributed by atoms with Gasteiger partial charge in [0, 0.05) is 18.5 Å². The number of hydrogen-bond donors (Lipinski definition) is 1. The van der Waals surface area contributed by atoms with Crippen LogP contribution in [0, 0.1) is 0 Å². The summed E-state index contributed by atoms with van der Waals surface area (Å²) in [6.07, 6.45) is 2.13. The molecular formula is C16H16N4O5. The van der Waals surface area contributed by atoms with Crippen LogP contribution in [0.2, 0.25) is 0 Å². The Morgan fingerprint density at radius 3 is 3.20 bits per heavy atom. The van der Waals surface area contributed by atoms with Gasteiger partial charge >= 0.3 is 12.2 Å². The number of fused-ring (bicyclic) bond motifs is 3. The van der Waals surface area contributed by atoms with E-state index in [1.54, 1.807) is 12.3 Å². The molecule has 9 nitrogen and oxygen atoms in total. The first-order chi connectivity index (χ1) is 12.2. The van der Waals surface area contributed by atoms with Crippen LogP contribution in [0.15, 0.2) is 30.6 Å². The van der Waals surface area contributed by atoms with Gasteiger partial charge in [-0.2, -0.15) is 0 Å². The molecule has 4 rings (SSSR count). The number of carbonyl (C=O) groups excluding carboxylic acids is 2. The van der Waals surface area contributed by atoms with E-state index in [1.165, 1.54) is 12.0 Å². The zero-order valence-electron chi connectivity index (χ0n) is 13.5. The van der Waals surface area contributed by atoms with Crippen LogP contribution in [0.1, 0.15) is 5.82 Å². The number of carbonyl (C=O) groups is 2. The van der Waals surface area contributed by atoms with Crippen molar-refractivity contribution in [3.63, 3.8) is 0 Å². The number of cyclic esters (lactones) is 1. The van der Waals surface area contributed by atoms with Gasteiger partial charge < -0.3 is 19.5 Å². The number of nitrogens with zero attached hydrogens (tertiary/aromatic N) is 3. The number of imidazole rings is 1. The summed E-state index contributed by atoms with van der Waals surface area (Å²) in [7, 11) is 1.28. The molecule has 2 aliphatic rings. The monoisotopic (exact) mass is 344 g/mol. The van der Waals surface area contributed by atoms with Crippen LogP contribution in [0.4, 0.5) is 15.3 Å². The molecule has 2 aromatic rings. The summed E-state index contributed by atoms with van der Waals surface area (Å²) in [6.45, 7) is 0.895. The second-order valence-electron chi connectivity index (χ2n) is 5.64. The van der Waals surface area contributed by atoms with Gasteiger partial charge in [0.25, 0.3) is 0 Å². The molecule has 2 amide bonds. The first-order valence-corrected chi connectivity index (χ1v) is 7.75. The minimum absolute atomic E-state index is 0.189. The lowest BCUT2D eigenvalue weighted by molar-refractivity contribution is 0.132. The van der Waals surface area contributed by atoms with Crippen LogP contribution in [0.5, 0.6) is 5.75 Å². The number of nitrogens with one attached hydrogen (secondary N) is 1. The molecule has 0 aliphatic carbocycles. The molecule has 0 spiro atoms. The Morgan fingerprint density at radius 2 is 2.36 bits per heavy atom. The maximum atomic E-state index is 12.1. The number of benzene rings is 1. The van der Waals surface area contributed by atoms with Crippen molar-refractivity contribution in [1.29, 1.82) is 0 Å². The topological polar surface area (TPSA) is 94.9 Å². The third-order valence-electron chi connectivity index (χ3n) is 4.12. The fourth-order valence-electron chi connectivity index (χ4n) is 2.90. The SMILES string of the molecule is COC(=O)NC[C@H]1CN(c2ccc3c(c2)OCc2nccn2-3)C(=O)O1. The molecule has 1 aromatic carbocycles. The van der Waals surface area contributed by atoms with E-state index in [2.05, 4.69) is 15.0 Å². The van der Waals surface area contributed by atoms with Crippen molar-refractivity contribution in [2.75, 3.05) is 25.1 Å². The number of aromatic nitrogens is 2. The lowest BCUT2D eigenvalue weighted by Gasteiger charge is -2.22. The Bertz CT molecular complexity index is 834. The smallest absolute Gasteiger partial charge is 0.414 e. The zero-order valence-corrected chi connectivity index (χ0v) is 13.5. The Hall–Kier alpha value is -3.23. The molecule has 130 valence electrons. The summed E-state index contributed by atoms with van der Waals surface area (Å²) in [6, 6.07) is 5.51. The molecule has 0 radical (unpaired) electrons. The third-order valence-corrected chi connectivity index (χ3v) is 4.12. The minimum Gasteiger partial charge on any atom is -0.483 e. The highest BCUT2D eigenvalue weighted by Gasteiger charge is 2.33. The van der Waals surface area contributed by atoms with E-state index in [9.17, 15) is 9.59 Å². The van der Waals surface area contributed by atoms with Gasteiger partial charge in [0.05, 0.1) is 31.6 Å². The second-order valence-corrected chi connectivity index (χ2v) is 5.64. The van der Waals surface area contributed by atoms with Crippen molar-refractivity contribution >= 4 is 17.9 Å². The zero-order chi connectivity index (χ0) is 17.4.